The molecule has 0 bridgehead atoms. The predicted molar refractivity (Wildman–Crippen MR) is 78.4 cm³/mol. The van der Waals surface area contributed by atoms with E-state index in [1.165, 1.54) is 31.0 Å². The molecular formula is C12H22N2OS2. The van der Waals surface area contributed by atoms with Gasteiger partial charge in [0.15, 0.2) is 0 Å². The van der Waals surface area contributed by atoms with E-state index in [0.717, 1.165) is 25.7 Å². The van der Waals surface area contributed by atoms with E-state index in [-0.39, 0.29) is 5.91 Å². The highest BCUT2D eigenvalue weighted by Crippen LogP contribution is 2.27. The third-order valence-electron chi connectivity index (χ3n) is 3.33. The van der Waals surface area contributed by atoms with Gasteiger partial charge in [-0.2, -0.15) is 11.8 Å². The van der Waals surface area contributed by atoms with Gasteiger partial charge in [-0.05, 0) is 19.1 Å². The molecule has 0 aromatic heterocycles. The van der Waals surface area contributed by atoms with Crippen molar-refractivity contribution >= 4 is 34.9 Å². The van der Waals surface area contributed by atoms with Gasteiger partial charge < -0.3 is 11.1 Å². The maximum Gasteiger partial charge on any atom is 0.230 e. The maximum atomic E-state index is 11.8. The van der Waals surface area contributed by atoms with Crippen molar-refractivity contribution in [3.63, 3.8) is 0 Å². The largest absolute Gasteiger partial charge is 0.391 e. The van der Waals surface area contributed by atoms with Gasteiger partial charge >= 0.3 is 0 Å². The summed E-state index contributed by atoms with van der Waals surface area (Å²) in [4.78, 5) is 12.2. The van der Waals surface area contributed by atoms with Gasteiger partial charge in [0.05, 0.1) is 16.3 Å². The van der Waals surface area contributed by atoms with E-state index in [4.69, 9.17) is 18.0 Å². The number of carbonyl (C=O) groups is 1. The Morgan fingerprint density at radius 2 is 1.82 bits per heavy atom. The van der Waals surface area contributed by atoms with Gasteiger partial charge in [-0.3, -0.25) is 4.79 Å². The Labute approximate surface area is 113 Å². The summed E-state index contributed by atoms with van der Waals surface area (Å²) in [5, 5.41) is 3.07. The number of carbonyl (C=O) groups excluding carboxylic acids is 1. The van der Waals surface area contributed by atoms with Crippen molar-refractivity contribution < 1.29 is 4.79 Å². The van der Waals surface area contributed by atoms with Gasteiger partial charge in [-0.1, -0.05) is 44.3 Å². The first-order chi connectivity index (χ1) is 8.10. The van der Waals surface area contributed by atoms with Crippen molar-refractivity contribution in [3.05, 3.63) is 0 Å². The van der Waals surface area contributed by atoms with Gasteiger partial charge in [0.25, 0.3) is 0 Å². The third-order valence-corrected chi connectivity index (χ3v) is 4.27. The van der Waals surface area contributed by atoms with Crippen LogP contribution in [0.2, 0.25) is 0 Å². The molecule has 5 heteroatoms. The predicted octanol–water partition coefficient (Wildman–Crippen LogP) is 2.23. The van der Waals surface area contributed by atoms with E-state index < -0.39 is 5.54 Å². The molecule has 0 spiro atoms. The lowest BCUT2D eigenvalue weighted by atomic mass is 9.83. The lowest BCUT2D eigenvalue weighted by Crippen LogP contribution is -2.57. The molecule has 1 aliphatic carbocycles. The lowest BCUT2D eigenvalue weighted by Gasteiger charge is -2.35. The summed E-state index contributed by atoms with van der Waals surface area (Å²) >= 11 is 6.71. The summed E-state index contributed by atoms with van der Waals surface area (Å²) in [6.07, 6.45) is 9.60. The van der Waals surface area contributed by atoms with Gasteiger partial charge in [0, 0.05) is 0 Å². The average Bonchev–Trinajstić information content (AvgIpc) is 2.22. The minimum atomic E-state index is -0.428. The first-order valence-corrected chi connectivity index (χ1v) is 8.01. The van der Waals surface area contributed by atoms with E-state index >= 15 is 0 Å². The number of nitrogens with one attached hydrogen (secondary N) is 1. The lowest BCUT2D eigenvalue weighted by molar-refractivity contribution is -0.119. The Bertz CT molecular complexity index is 274. The number of thiocarbonyl (C=S) groups is 1. The quantitative estimate of drug-likeness (QED) is 0.772. The van der Waals surface area contributed by atoms with E-state index in [1.807, 2.05) is 6.26 Å². The Kier molecular flexibility index (Phi) is 6.27. The van der Waals surface area contributed by atoms with Crippen LogP contribution in [0.4, 0.5) is 0 Å². The SMILES string of the molecule is CSCC(=O)NC1(C(N)=S)CCCCCCC1. The molecule has 0 aromatic rings. The van der Waals surface area contributed by atoms with Gasteiger partial charge in [-0.25, -0.2) is 0 Å². The molecule has 1 fully saturated rings. The van der Waals surface area contributed by atoms with Crippen molar-refractivity contribution in [3.8, 4) is 0 Å². The summed E-state index contributed by atoms with van der Waals surface area (Å²) in [5.74, 6) is 0.524. The average molecular weight is 274 g/mol. The van der Waals surface area contributed by atoms with Crippen molar-refractivity contribution in [1.82, 2.24) is 5.32 Å². The van der Waals surface area contributed by atoms with Crippen LogP contribution in [-0.2, 0) is 4.79 Å². The van der Waals surface area contributed by atoms with E-state index in [2.05, 4.69) is 5.32 Å². The highest BCUT2D eigenvalue weighted by Gasteiger charge is 2.34. The minimum Gasteiger partial charge on any atom is -0.391 e. The molecule has 17 heavy (non-hydrogen) atoms. The topological polar surface area (TPSA) is 55.1 Å². The fraction of sp³-hybridized carbons (Fsp3) is 0.833. The molecule has 0 unspecified atom stereocenters. The zero-order chi connectivity index (χ0) is 12.7. The number of rotatable bonds is 4. The minimum absolute atomic E-state index is 0.0471. The van der Waals surface area contributed by atoms with E-state index in [1.54, 1.807) is 0 Å². The summed E-state index contributed by atoms with van der Waals surface area (Å²) in [7, 11) is 0. The van der Waals surface area contributed by atoms with Crippen LogP contribution in [0, 0.1) is 0 Å². The standard InChI is InChI=1S/C12H22N2OS2/c1-17-9-10(15)14-12(11(13)16)7-5-3-2-4-6-8-12/h2-9H2,1H3,(H2,13,16)(H,14,15). The van der Waals surface area contributed by atoms with Gasteiger partial charge in [-0.15, -0.1) is 0 Å². The number of hydrogen-bond donors (Lipinski definition) is 2. The first-order valence-electron chi connectivity index (χ1n) is 6.20. The molecule has 3 nitrogen and oxygen atoms in total. The summed E-state index contributed by atoms with van der Waals surface area (Å²) in [6, 6.07) is 0. The van der Waals surface area contributed by atoms with Crippen LogP contribution in [0.25, 0.3) is 0 Å². The van der Waals surface area contributed by atoms with Crippen molar-refractivity contribution in [1.29, 1.82) is 0 Å². The molecule has 0 saturated heterocycles. The molecule has 3 N–H and O–H groups in total. The molecule has 1 saturated carbocycles. The van der Waals surface area contributed by atoms with Crippen molar-refractivity contribution in [2.45, 2.75) is 50.5 Å². The highest BCUT2D eigenvalue weighted by molar-refractivity contribution is 7.99. The first kappa shape index (κ1) is 14.8. The van der Waals surface area contributed by atoms with Crippen LogP contribution < -0.4 is 11.1 Å². The number of hydrogen-bond acceptors (Lipinski definition) is 3. The number of amides is 1. The van der Waals surface area contributed by atoms with Crippen LogP contribution in [0.3, 0.4) is 0 Å². The molecule has 1 rings (SSSR count). The fourth-order valence-corrected chi connectivity index (χ4v) is 2.97. The van der Waals surface area contributed by atoms with E-state index in [9.17, 15) is 4.79 Å². The number of thioether (sulfide) groups is 1. The Morgan fingerprint density at radius 3 is 2.29 bits per heavy atom. The van der Waals surface area contributed by atoms with Gasteiger partial charge in [0.2, 0.25) is 5.91 Å². The molecule has 0 aliphatic heterocycles. The highest BCUT2D eigenvalue weighted by atomic mass is 32.2. The Hall–Kier alpha value is -0.290. The van der Waals surface area contributed by atoms with Crippen LogP contribution >= 0.6 is 24.0 Å². The second kappa shape index (κ2) is 7.21. The Morgan fingerprint density at radius 1 is 1.29 bits per heavy atom. The third kappa shape index (κ3) is 4.47. The molecule has 1 aliphatic rings. The summed E-state index contributed by atoms with van der Waals surface area (Å²) in [6.45, 7) is 0. The van der Waals surface area contributed by atoms with Crippen LogP contribution in [0.5, 0.6) is 0 Å². The van der Waals surface area contributed by atoms with E-state index in [0.29, 0.717) is 10.7 Å². The molecular weight excluding hydrogens is 252 g/mol. The monoisotopic (exact) mass is 274 g/mol. The van der Waals surface area contributed by atoms with Crippen molar-refractivity contribution in [2.24, 2.45) is 5.73 Å². The molecule has 0 heterocycles. The normalized spacial score (nSPS) is 20.1. The number of nitrogens with two attached hydrogens (primary N) is 1. The molecule has 1 amide bonds. The van der Waals surface area contributed by atoms with Gasteiger partial charge in [0.1, 0.15) is 0 Å². The van der Waals surface area contributed by atoms with Crippen molar-refractivity contribution in [2.75, 3.05) is 12.0 Å². The van der Waals surface area contributed by atoms with Crippen LogP contribution in [0.15, 0.2) is 0 Å². The maximum absolute atomic E-state index is 11.8. The summed E-state index contributed by atoms with van der Waals surface area (Å²) in [5.41, 5.74) is 5.45. The molecule has 0 radical (unpaired) electrons. The Balaban J connectivity index is 2.71. The zero-order valence-electron chi connectivity index (χ0n) is 10.5. The smallest absolute Gasteiger partial charge is 0.230 e. The second-order valence-corrected chi connectivity index (χ2v) is 6.00. The second-order valence-electron chi connectivity index (χ2n) is 4.70. The fourth-order valence-electron chi connectivity index (χ4n) is 2.38. The molecule has 98 valence electrons. The summed E-state index contributed by atoms with van der Waals surface area (Å²) < 4.78 is 0. The zero-order valence-corrected chi connectivity index (χ0v) is 12.1. The molecule has 0 aromatic carbocycles. The van der Waals surface area contributed by atoms with Crippen LogP contribution in [0.1, 0.15) is 44.9 Å². The molecule has 0 atom stereocenters. The van der Waals surface area contributed by atoms with Crippen LogP contribution in [-0.4, -0.2) is 28.4 Å².